The van der Waals surface area contributed by atoms with Gasteiger partial charge in [0, 0.05) is 19.4 Å². The molecule has 1 fully saturated rings. The summed E-state index contributed by atoms with van der Waals surface area (Å²) in [5.41, 5.74) is 5.52. The number of likely N-dealkylation sites (tertiary alicyclic amines) is 1. The highest BCUT2D eigenvalue weighted by Crippen LogP contribution is 2.36. The van der Waals surface area contributed by atoms with Crippen molar-refractivity contribution in [1.29, 1.82) is 0 Å². The molecular formula is C14H16N2O2S. The molecule has 0 spiro atoms. The molecular weight excluding hydrogens is 260 g/mol. The Hall–Kier alpha value is -1.75. The highest BCUT2D eigenvalue weighted by atomic mass is 32.1. The van der Waals surface area contributed by atoms with E-state index >= 15 is 0 Å². The molecule has 0 bridgehead atoms. The standard InChI is InChI=1S/C14H16N2O2S/c1-14(10-5-3-2-4-6-10)9-12(17)16(13(14)18)8-7-11(15)19/h2-6H,7-9H2,1H3,(H2,15,19). The van der Waals surface area contributed by atoms with Crippen LogP contribution in [0, 0.1) is 0 Å². The first kappa shape index (κ1) is 13.7. The Morgan fingerprint density at radius 2 is 2.00 bits per heavy atom. The van der Waals surface area contributed by atoms with Crippen molar-refractivity contribution in [1.82, 2.24) is 4.90 Å². The summed E-state index contributed by atoms with van der Waals surface area (Å²) in [5.74, 6) is -0.326. The van der Waals surface area contributed by atoms with E-state index in [-0.39, 0.29) is 24.8 Å². The maximum Gasteiger partial charge on any atom is 0.240 e. The van der Waals surface area contributed by atoms with E-state index in [0.29, 0.717) is 11.4 Å². The molecule has 2 rings (SSSR count). The van der Waals surface area contributed by atoms with Gasteiger partial charge in [0.25, 0.3) is 0 Å². The molecule has 1 aromatic rings. The number of rotatable bonds is 4. The van der Waals surface area contributed by atoms with Crippen LogP contribution in [0.15, 0.2) is 30.3 Å². The molecule has 2 N–H and O–H groups in total. The third-order valence-electron chi connectivity index (χ3n) is 3.52. The Balaban J connectivity index is 2.24. The van der Waals surface area contributed by atoms with E-state index in [1.54, 1.807) is 0 Å². The van der Waals surface area contributed by atoms with Gasteiger partial charge in [0.15, 0.2) is 0 Å². The molecule has 0 aromatic heterocycles. The Morgan fingerprint density at radius 3 is 2.58 bits per heavy atom. The lowest BCUT2D eigenvalue weighted by Gasteiger charge is -2.22. The van der Waals surface area contributed by atoms with Crippen molar-refractivity contribution < 1.29 is 9.59 Å². The molecule has 1 saturated heterocycles. The molecule has 100 valence electrons. The lowest BCUT2D eigenvalue weighted by atomic mass is 9.81. The predicted molar refractivity (Wildman–Crippen MR) is 76.5 cm³/mol. The topological polar surface area (TPSA) is 63.4 Å². The third-order valence-corrected chi connectivity index (χ3v) is 3.72. The van der Waals surface area contributed by atoms with E-state index < -0.39 is 5.41 Å². The summed E-state index contributed by atoms with van der Waals surface area (Å²) in [7, 11) is 0. The summed E-state index contributed by atoms with van der Waals surface area (Å²) in [6, 6.07) is 9.38. The SMILES string of the molecule is CC1(c2ccccc2)CC(=O)N(CCC(N)=S)C1=O. The van der Waals surface area contributed by atoms with Crippen LogP contribution in [0.4, 0.5) is 0 Å². The van der Waals surface area contributed by atoms with E-state index in [2.05, 4.69) is 0 Å². The van der Waals surface area contributed by atoms with Gasteiger partial charge >= 0.3 is 0 Å². The maximum absolute atomic E-state index is 12.5. The molecule has 1 aliphatic heterocycles. The van der Waals surface area contributed by atoms with Gasteiger partial charge in [0.05, 0.1) is 10.4 Å². The second-order valence-electron chi connectivity index (χ2n) is 4.94. The van der Waals surface area contributed by atoms with E-state index in [0.717, 1.165) is 5.56 Å². The first-order chi connectivity index (χ1) is 8.95. The number of hydrogen-bond donors (Lipinski definition) is 1. The lowest BCUT2D eigenvalue weighted by molar-refractivity contribution is -0.139. The highest BCUT2D eigenvalue weighted by Gasteiger charge is 2.48. The van der Waals surface area contributed by atoms with E-state index in [1.807, 2.05) is 37.3 Å². The minimum Gasteiger partial charge on any atom is -0.393 e. The maximum atomic E-state index is 12.5. The van der Waals surface area contributed by atoms with Gasteiger partial charge in [-0.2, -0.15) is 0 Å². The molecule has 1 unspecified atom stereocenters. The largest absolute Gasteiger partial charge is 0.393 e. The summed E-state index contributed by atoms with van der Waals surface area (Å²) in [5, 5.41) is 0. The van der Waals surface area contributed by atoms with Crippen LogP contribution in [0.3, 0.4) is 0 Å². The van der Waals surface area contributed by atoms with Crippen LogP contribution >= 0.6 is 12.2 Å². The number of hydrogen-bond acceptors (Lipinski definition) is 3. The van der Waals surface area contributed by atoms with Crippen molar-refractivity contribution in [2.75, 3.05) is 6.54 Å². The second-order valence-corrected chi connectivity index (χ2v) is 5.47. The van der Waals surface area contributed by atoms with Gasteiger partial charge in [-0.3, -0.25) is 14.5 Å². The van der Waals surface area contributed by atoms with E-state index in [1.165, 1.54) is 4.90 Å². The molecule has 1 atom stereocenters. The van der Waals surface area contributed by atoms with Crippen LogP contribution < -0.4 is 5.73 Å². The smallest absolute Gasteiger partial charge is 0.240 e. The van der Waals surface area contributed by atoms with Crippen LogP contribution in [0.25, 0.3) is 0 Å². The fourth-order valence-corrected chi connectivity index (χ4v) is 2.46. The van der Waals surface area contributed by atoms with Crippen molar-refractivity contribution >= 4 is 29.0 Å². The first-order valence-electron chi connectivity index (χ1n) is 6.14. The quantitative estimate of drug-likeness (QED) is 0.666. The number of benzene rings is 1. The molecule has 1 heterocycles. The molecule has 5 heteroatoms. The minimum atomic E-state index is -0.769. The number of carbonyl (C=O) groups excluding carboxylic acids is 2. The van der Waals surface area contributed by atoms with E-state index in [4.69, 9.17) is 18.0 Å². The Kier molecular flexibility index (Phi) is 3.66. The molecule has 0 radical (unpaired) electrons. The molecule has 1 aromatic carbocycles. The summed E-state index contributed by atoms with van der Waals surface area (Å²) in [4.78, 5) is 26.1. The lowest BCUT2D eigenvalue weighted by Crippen LogP contribution is -2.38. The fourth-order valence-electron chi connectivity index (χ4n) is 2.36. The number of thiocarbonyl (C=S) groups is 1. The Morgan fingerprint density at radius 1 is 1.37 bits per heavy atom. The normalized spacial score (nSPS) is 22.9. The highest BCUT2D eigenvalue weighted by molar-refractivity contribution is 7.80. The second kappa shape index (κ2) is 5.09. The van der Waals surface area contributed by atoms with Crippen molar-refractivity contribution in [3.05, 3.63) is 35.9 Å². The summed E-state index contributed by atoms with van der Waals surface area (Å²) < 4.78 is 0. The van der Waals surface area contributed by atoms with Crippen molar-refractivity contribution in [3.8, 4) is 0 Å². The number of carbonyl (C=O) groups is 2. The fraction of sp³-hybridized carbons (Fsp3) is 0.357. The van der Waals surface area contributed by atoms with Crippen LogP contribution in [0.1, 0.15) is 25.3 Å². The Bertz CT molecular complexity index is 530. The average molecular weight is 276 g/mol. The van der Waals surface area contributed by atoms with Gasteiger partial charge in [-0.05, 0) is 12.5 Å². The van der Waals surface area contributed by atoms with Gasteiger partial charge < -0.3 is 5.73 Å². The van der Waals surface area contributed by atoms with Crippen LogP contribution in [0.2, 0.25) is 0 Å². The van der Waals surface area contributed by atoms with Gasteiger partial charge in [0.1, 0.15) is 0 Å². The van der Waals surface area contributed by atoms with Crippen LogP contribution in [-0.4, -0.2) is 28.2 Å². The Labute approximate surface area is 117 Å². The number of nitrogens with zero attached hydrogens (tertiary/aromatic N) is 1. The number of imide groups is 1. The zero-order valence-electron chi connectivity index (χ0n) is 10.8. The summed E-state index contributed by atoms with van der Waals surface area (Å²) >= 11 is 4.79. The minimum absolute atomic E-state index is 0.160. The molecule has 0 saturated carbocycles. The van der Waals surface area contributed by atoms with Crippen LogP contribution in [-0.2, 0) is 15.0 Å². The van der Waals surface area contributed by atoms with Crippen molar-refractivity contribution in [2.24, 2.45) is 5.73 Å². The van der Waals surface area contributed by atoms with Gasteiger partial charge in [-0.25, -0.2) is 0 Å². The predicted octanol–water partition coefficient (Wildman–Crippen LogP) is 1.38. The number of nitrogens with two attached hydrogens (primary N) is 1. The molecule has 1 aliphatic rings. The van der Waals surface area contributed by atoms with Gasteiger partial charge in [-0.15, -0.1) is 0 Å². The van der Waals surface area contributed by atoms with Crippen molar-refractivity contribution in [3.63, 3.8) is 0 Å². The average Bonchev–Trinajstić information content (AvgIpc) is 2.60. The summed E-state index contributed by atoms with van der Waals surface area (Å²) in [6.07, 6.45) is 0.574. The third kappa shape index (κ3) is 2.51. The zero-order valence-corrected chi connectivity index (χ0v) is 11.6. The zero-order chi connectivity index (χ0) is 14.0. The van der Waals surface area contributed by atoms with Crippen molar-refractivity contribution in [2.45, 2.75) is 25.2 Å². The number of amides is 2. The molecule has 19 heavy (non-hydrogen) atoms. The van der Waals surface area contributed by atoms with Gasteiger partial charge in [0.2, 0.25) is 11.8 Å². The van der Waals surface area contributed by atoms with Crippen LogP contribution in [0.5, 0.6) is 0 Å². The van der Waals surface area contributed by atoms with E-state index in [9.17, 15) is 9.59 Å². The monoisotopic (exact) mass is 276 g/mol. The molecule has 2 amide bonds. The molecule has 4 nitrogen and oxygen atoms in total. The summed E-state index contributed by atoms with van der Waals surface area (Å²) in [6.45, 7) is 2.08. The first-order valence-corrected chi connectivity index (χ1v) is 6.54. The van der Waals surface area contributed by atoms with Gasteiger partial charge in [-0.1, -0.05) is 42.5 Å². The molecule has 0 aliphatic carbocycles.